The fraction of sp³-hybridized carbons (Fsp3) is 0.429. The predicted octanol–water partition coefficient (Wildman–Crippen LogP) is 2.24. The van der Waals surface area contributed by atoms with Gasteiger partial charge in [-0.3, -0.25) is 9.00 Å². The smallest absolute Gasteiger partial charge is 0.232 e. The zero-order valence-corrected chi connectivity index (χ0v) is 13.3. The Kier molecular flexibility index (Phi) is 4.21. The van der Waals surface area contributed by atoms with Crippen molar-refractivity contribution >= 4 is 28.0 Å². The molecule has 21 heavy (non-hydrogen) atoms. The summed E-state index contributed by atoms with van der Waals surface area (Å²) in [4.78, 5) is 16.0. The second-order valence-corrected chi connectivity index (χ2v) is 7.34. The lowest BCUT2D eigenvalue weighted by Gasteiger charge is -2.02. The zero-order chi connectivity index (χ0) is 14.8. The molecule has 1 saturated carbocycles. The van der Waals surface area contributed by atoms with Crippen LogP contribution in [0.25, 0.3) is 11.5 Å². The number of nitrogens with zero attached hydrogens (tertiary/aromatic N) is 1. The molecule has 2 aromatic heterocycles. The molecule has 5 nitrogen and oxygen atoms in total. The molecule has 3 rings (SSSR count). The van der Waals surface area contributed by atoms with E-state index in [1.54, 1.807) is 18.3 Å². The van der Waals surface area contributed by atoms with Crippen LogP contribution >= 0.6 is 11.3 Å². The fourth-order valence-electron chi connectivity index (χ4n) is 1.92. The maximum absolute atomic E-state index is 12.0. The first kappa shape index (κ1) is 14.5. The molecule has 0 radical (unpaired) electrons. The molecule has 1 aliphatic rings. The number of rotatable bonds is 6. The van der Waals surface area contributed by atoms with Crippen LogP contribution in [0, 0.1) is 6.92 Å². The second-order valence-electron chi connectivity index (χ2n) is 5.10. The van der Waals surface area contributed by atoms with Gasteiger partial charge in [0.15, 0.2) is 0 Å². The van der Waals surface area contributed by atoms with Crippen LogP contribution in [0.15, 0.2) is 21.2 Å². The van der Waals surface area contributed by atoms with Crippen molar-refractivity contribution in [3.05, 3.63) is 28.3 Å². The van der Waals surface area contributed by atoms with Crippen molar-refractivity contribution in [3.63, 3.8) is 0 Å². The van der Waals surface area contributed by atoms with Gasteiger partial charge in [0, 0.05) is 27.8 Å². The zero-order valence-electron chi connectivity index (χ0n) is 11.6. The SMILES string of the molecule is Cc1oc(-c2ccsc2)nc1C[S@](=O)CC(=O)NC1CC1. The van der Waals surface area contributed by atoms with Crippen molar-refractivity contribution < 1.29 is 13.4 Å². The van der Waals surface area contributed by atoms with Crippen LogP contribution in [0.1, 0.15) is 24.3 Å². The van der Waals surface area contributed by atoms with E-state index in [2.05, 4.69) is 10.3 Å². The molecule has 2 aromatic rings. The first-order chi connectivity index (χ1) is 10.1. The summed E-state index contributed by atoms with van der Waals surface area (Å²) in [5, 5.41) is 6.75. The van der Waals surface area contributed by atoms with E-state index in [0.717, 1.165) is 18.4 Å². The first-order valence-electron chi connectivity index (χ1n) is 6.75. The Hall–Kier alpha value is -1.47. The topological polar surface area (TPSA) is 72.2 Å². The van der Waals surface area contributed by atoms with Crippen molar-refractivity contribution in [3.8, 4) is 11.5 Å². The van der Waals surface area contributed by atoms with E-state index < -0.39 is 10.8 Å². The van der Waals surface area contributed by atoms with E-state index in [4.69, 9.17) is 4.42 Å². The summed E-state index contributed by atoms with van der Waals surface area (Å²) in [6.45, 7) is 1.81. The van der Waals surface area contributed by atoms with Crippen LogP contribution < -0.4 is 5.32 Å². The van der Waals surface area contributed by atoms with Crippen molar-refractivity contribution in [2.45, 2.75) is 31.6 Å². The number of carbonyl (C=O) groups excluding carboxylic acids is 1. The van der Waals surface area contributed by atoms with Crippen molar-refractivity contribution in [2.24, 2.45) is 0 Å². The maximum Gasteiger partial charge on any atom is 0.232 e. The molecule has 0 saturated heterocycles. The number of hydrogen-bond donors (Lipinski definition) is 1. The number of amides is 1. The maximum atomic E-state index is 12.0. The summed E-state index contributed by atoms with van der Waals surface area (Å²) in [6.07, 6.45) is 2.07. The number of thiophene rings is 1. The Labute approximate surface area is 129 Å². The van der Waals surface area contributed by atoms with Gasteiger partial charge in [0.25, 0.3) is 0 Å². The van der Waals surface area contributed by atoms with E-state index in [-0.39, 0.29) is 17.4 Å². The highest BCUT2D eigenvalue weighted by atomic mass is 32.2. The molecule has 112 valence electrons. The van der Waals surface area contributed by atoms with Crippen LogP contribution in [-0.4, -0.2) is 26.9 Å². The highest BCUT2D eigenvalue weighted by Gasteiger charge is 2.24. The van der Waals surface area contributed by atoms with Crippen LogP contribution in [0.2, 0.25) is 0 Å². The van der Waals surface area contributed by atoms with Gasteiger partial charge in [0.1, 0.15) is 11.5 Å². The summed E-state index contributed by atoms with van der Waals surface area (Å²) >= 11 is 1.57. The molecular formula is C14H16N2O3S2. The molecule has 2 heterocycles. The molecular weight excluding hydrogens is 308 g/mol. The minimum Gasteiger partial charge on any atom is -0.441 e. The standard InChI is InChI=1S/C14H16N2O3S2/c1-9-12(16-14(19-9)10-4-5-20-6-10)7-21(18)8-13(17)15-11-2-3-11/h4-6,11H,2-3,7-8H2,1H3,(H,15,17)/t21-/m0/s1. The van der Waals surface area contributed by atoms with E-state index in [1.165, 1.54) is 0 Å². The third-order valence-electron chi connectivity index (χ3n) is 3.19. The molecule has 0 aromatic carbocycles. The van der Waals surface area contributed by atoms with Gasteiger partial charge in [-0.05, 0) is 31.2 Å². The summed E-state index contributed by atoms with van der Waals surface area (Å²) in [6, 6.07) is 2.23. The molecule has 0 aliphatic heterocycles. The number of nitrogens with one attached hydrogen (secondary N) is 1. The minimum absolute atomic E-state index is 0.0244. The van der Waals surface area contributed by atoms with Crippen LogP contribution in [0.5, 0.6) is 0 Å². The third-order valence-corrected chi connectivity index (χ3v) is 5.06. The lowest BCUT2D eigenvalue weighted by molar-refractivity contribution is -0.118. The Morgan fingerprint density at radius 2 is 2.38 bits per heavy atom. The van der Waals surface area contributed by atoms with Gasteiger partial charge in [-0.25, -0.2) is 4.98 Å². The van der Waals surface area contributed by atoms with E-state index >= 15 is 0 Å². The number of aromatic nitrogens is 1. The quantitative estimate of drug-likeness (QED) is 0.884. The summed E-state index contributed by atoms with van der Waals surface area (Å²) < 4.78 is 17.6. The Balaban J connectivity index is 1.61. The molecule has 1 aliphatic carbocycles. The van der Waals surface area contributed by atoms with Gasteiger partial charge >= 0.3 is 0 Å². The fourth-order valence-corrected chi connectivity index (χ4v) is 3.60. The molecule has 1 atom stereocenters. The van der Waals surface area contributed by atoms with E-state index in [9.17, 15) is 9.00 Å². The Morgan fingerprint density at radius 1 is 1.57 bits per heavy atom. The monoisotopic (exact) mass is 324 g/mol. The average Bonchev–Trinajstić information content (AvgIpc) is 2.94. The van der Waals surface area contributed by atoms with Gasteiger partial charge in [-0.15, -0.1) is 0 Å². The van der Waals surface area contributed by atoms with Gasteiger partial charge in [-0.2, -0.15) is 11.3 Å². The lowest BCUT2D eigenvalue weighted by atomic mass is 10.3. The average molecular weight is 324 g/mol. The second kappa shape index (κ2) is 6.11. The van der Waals surface area contributed by atoms with E-state index in [1.807, 2.05) is 16.8 Å². The van der Waals surface area contributed by atoms with Crippen LogP contribution in [0.4, 0.5) is 0 Å². The molecule has 1 amide bonds. The van der Waals surface area contributed by atoms with Gasteiger partial charge < -0.3 is 9.73 Å². The molecule has 1 fully saturated rings. The summed E-state index contributed by atoms with van der Waals surface area (Å²) in [7, 11) is -1.27. The molecule has 0 bridgehead atoms. The number of oxazole rings is 1. The Bertz CT molecular complexity index is 660. The summed E-state index contributed by atoms with van der Waals surface area (Å²) in [5.41, 5.74) is 1.58. The van der Waals surface area contributed by atoms with Crippen LogP contribution in [-0.2, 0) is 21.3 Å². The van der Waals surface area contributed by atoms with E-state index in [0.29, 0.717) is 23.4 Å². The number of aryl methyl sites for hydroxylation is 1. The lowest BCUT2D eigenvalue weighted by Crippen LogP contribution is -2.30. The molecule has 1 N–H and O–H groups in total. The molecule has 0 spiro atoms. The van der Waals surface area contributed by atoms with Crippen LogP contribution in [0.3, 0.4) is 0 Å². The predicted molar refractivity (Wildman–Crippen MR) is 82.4 cm³/mol. The molecule has 0 unspecified atom stereocenters. The largest absolute Gasteiger partial charge is 0.441 e. The van der Waals surface area contributed by atoms with Crippen molar-refractivity contribution in [1.29, 1.82) is 0 Å². The van der Waals surface area contributed by atoms with Crippen molar-refractivity contribution in [2.75, 3.05) is 5.75 Å². The highest BCUT2D eigenvalue weighted by molar-refractivity contribution is 7.84. The first-order valence-corrected chi connectivity index (χ1v) is 9.18. The Morgan fingerprint density at radius 3 is 3.05 bits per heavy atom. The van der Waals surface area contributed by atoms with Crippen molar-refractivity contribution in [1.82, 2.24) is 10.3 Å². The summed E-state index contributed by atoms with van der Waals surface area (Å²) in [5.74, 6) is 1.33. The number of carbonyl (C=O) groups is 1. The van der Waals surface area contributed by atoms with Gasteiger partial charge in [0.2, 0.25) is 11.8 Å². The van der Waals surface area contributed by atoms with Gasteiger partial charge in [0.05, 0.1) is 11.4 Å². The highest BCUT2D eigenvalue weighted by Crippen LogP contribution is 2.24. The molecule has 7 heteroatoms. The normalized spacial score (nSPS) is 15.9. The minimum atomic E-state index is -1.27. The third kappa shape index (κ3) is 3.79. The van der Waals surface area contributed by atoms with Gasteiger partial charge in [-0.1, -0.05) is 0 Å². The number of hydrogen-bond acceptors (Lipinski definition) is 5.